The van der Waals surface area contributed by atoms with Gasteiger partial charge in [0.05, 0.1) is 20.3 Å². The maximum Gasteiger partial charge on any atom is 0.322 e. The number of urea groups is 1. The van der Waals surface area contributed by atoms with Crippen LogP contribution in [0.25, 0.3) is 0 Å². The summed E-state index contributed by atoms with van der Waals surface area (Å²) in [5, 5.41) is 3.55. The molecule has 1 N–H and O–H groups in total. The lowest BCUT2D eigenvalue weighted by Gasteiger charge is -2.30. The molecule has 0 aliphatic carbocycles. The molecule has 3 aromatic rings. The summed E-state index contributed by atoms with van der Waals surface area (Å²) in [5.41, 5.74) is 2.67. The van der Waals surface area contributed by atoms with Gasteiger partial charge in [-0.1, -0.05) is 54.1 Å². The van der Waals surface area contributed by atoms with Crippen molar-refractivity contribution < 1.29 is 19.0 Å². The minimum atomic E-state index is -0.187. The number of methoxy groups -OCH3 is 1. The van der Waals surface area contributed by atoms with E-state index in [1.165, 1.54) is 0 Å². The van der Waals surface area contributed by atoms with E-state index in [4.69, 9.17) is 25.8 Å². The van der Waals surface area contributed by atoms with Gasteiger partial charge in [0, 0.05) is 43.4 Å². The molecule has 0 saturated carbocycles. The fraction of sp³-hybridized carbons (Fsp3) is 0.321. The monoisotopic (exact) mass is 509 g/mol. The first-order chi connectivity index (χ1) is 17.6. The van der Waals surface area contributed by atoms with Crippen LogP contribution < -0.4 is 14.8 Å². The molecule has 0 atom stereocenters. The smallest absolute Gasteiger partial charge is 0.322 e. The second-order valence-corrected chi connectivity index (χ2v) is 9.01. The Morgan fingerprint density at radius 2 is 1.81 bits per heavy atom. The second kappa shape index (κ2) is 13.2. The van der Waals surface area contributed by atoms with E-state index in [1.807, 2.05) is 60.7 Å². The third-order valence-electron chi connectivity index (χ3n) is 5.99. The van der Waals surface area contributed by atoms with Crippen molar-refractivity contribution in [2.24, 2.45) is 0 Å². The Bertz CT molecular complexity index is 1120. The van der Waals surface area contributed by atoms with Crippen LogP contribution in [0, 0.1) is 0 Å². The largest absolute Gasteiger partial charge is 0.493 e. The molecule has 7 nitrogen and oxygen atoms in total. The van der Waals surface area contributed by atoms with Gasteiger partial charge in [-0.05, 0) is 41.5 Å². The number of morpholine rings is 1. The van der Waals surface area contributed by atoms with E-state index in [9.17, 15) is 4.79 Å². The molecule has 1 heterocycles. The van der Waals surface area contributed by atoms with Crippen LogP contribution in [-0.4, -0.2) is 62.3 Å². The van der Waals surface area contributed by atoms with Gasteiger partial charge in [0.1, 0.15) is 6.61 Å². The number of carbonyl (C=O) groups excluding carboxylic acids is 1. The minimum absolute atomic E-state index is 0.187. The van der Waals surface area contributed by atoms with Crippen molar-refractivity contribution in [2.75, 3.05) is 51.8 Å². The normalized spacial score (nSPS) is 13.7. The Morgan fingerprint density at radius 3 is 2.56 bits per heavy atom. The first-order valence-electron chi connectivity index (χ1n) is 12.1. The lowest BCUT2D eigenvalue weighted by Crippen LogP contribution is -2.44. The zero-order valence-corrected chi connectivity index (χ0v) is 21.2. The molecule has 2 amide bonds. The maximum absolute atomic E-state index is 13.3. The molecule has 0 radical (unpaired) electrons. The van der Waals surface area contributed by atoms with Crippen molar-refractivity contribution >= 4 is 23.3 Å². The van der Waals surface area contributed by atoms with Gasteiger partial charge in [-0.2, -0.15) is 0 Å². The lowest BCUT2D eigenvalue weighted by atomic mass is 10.2. The Morgan fingerprint density at radius 1 is 1.00 bits per heavy atom. The molecule has 190 valence electrons. The number of benzene rings is 3. The van der Waals surface area contributed by atoms with Crippen molar-refractivity contribution in [3.05, 3.63) is 88.9 Å². The SMILES string of the molecule is COc1ccc(CN(CCN2CCOCC2)C(=O)Nc2cccc(Cl)c2)cc1OCc1ccccc1. The molecule has 1 aliphatic heterocycles. The highest BCUT2D eigenvalue weighted by atomic mass is 35.5. The van der Waals surface area contributed by atoms with Crippen molar-refractivity contribution in [1.82, 2.24) is 9.80 Å². The van der Waals surface area contributed by atoms with Crippen LogP contribution in [0.1, 0.15) is 11.1 Å². The van der Waals surface area contributed by atoms with Crippen molar-refractivity contribution in [3.8, 4) is 11.5 Å². The molecule has 0 bridgehead atoms. The number of anilines is 1. The zero-order valence-electron chi connectivity index (χ0n) is 20.5. The molecule has 8 heteroatoms. The predicted molar refractivity (Wildman–Crippen MR) is 142 cm³/mol. The van der Waals surface area contributed by atoms with Crippen LogP contribution in [0.2, 0.25) is 5.02 Å². The van der Waals surface area contributed by atoms with Gasteiger partial charge in [0.15, 0.2) is 11.5 Å². The molecule has 0 spiro atoms. The minimum Gasteiger partial charge on any atom is -0.493 e. The van der Waals surface area contributed by atoms with Gasteiger partial charge in [-0.15, -0.1) is 0 Å². The fourth-order valence-electron chi connectivity index (χ4n) is 4.00. The highest BCUT2D eigenvalue weighted by Crippen LogP contribution is 2.29. The molecule has 4 rings (SSSR count). The van der Waals surface area contributed by atoms with E-state index in [-0.39, 0.29) is 6.03 Å². The summed E-state index contributed by atoms with van der Waals surface area (Å²) in [6, 6.07) is 22.7. The third-order valence-corrected chi connectivity index (χ3v) is 6.23. The summed E-state index contributed by atoms with van der Waals surface area (Å²) in [6.45, 7) is 5.34. The van der Waals surface area contributed by atoms with Crippen LogP contribution in [0.4, 0.5) is 10.5 Å². The number of nitrogens with one attached hydrogen (secondary N) is 1. The van der Waals surface area contributed by atoms with Crippen molar-refractivity contribution in [2.45, 2.75) is 13.2 Å². The molecular formula is C28H32ClN3O4. The van der Waals surface area contributed by atoms with Gasteiger partial charge >= 0.3 is 6.03 Å². The molecule has 3 aromatic carbocycles. The summed E-state index contributed by atoms with van der Waals surface area (Å²) in [6.07, 6.45) is 0. The number of halogens is 1. The standard InChI is InChI=1S/C28H32ClN3O4/c1-34-26-11-10-23(18-27(26)36-21-22-6-3-2-4-7-22)20-32(13-12-31-14-16-35-17-15-31)28(33)30-25-9-5-8-24(29)19-25/h2-11,18-19H,12-17,20-21H2,1H3,(H,30,33). The number of rotatable bonds is 10. The molecule has 1 saturated heterocycles. The van der Waals surface area contributed by atoms with E-state index < -0.39 is 0 Å². The van der Waals surface area contributed by atoms with Crippen LogP contribution in [0.5, 0.6) is 11.5 Å². The first kappa shape index (κ1) is 25.8. The topological polar surface area (TPSA) is 63.3 Å². The average molecular weight is 510 g/mol. The highest BCUT2D eigenvalue weighted by Gasteiger charge is 2.19. The summed E-state index contributed by atoms with van der Waals surface area (Å²) < 4.78 is 17.0. The zero-order chi connectivity index (χ0) is 25.2. The van der Waals surface area contributed by atoms with Crippen molar-refractivity contribution in [3.63, 3.8) is 0 Å². The Labute approximate surface area is 217 Å². The first-order valence-corrected chi connectivity index (χ1v) is 12.4. The molecule has 36 heavy (non-hydrogen) atoms. The number of hydrogen-bond acceptors (Lipinski definition) is 5. The van der Waals surface area contributed by atoms with Crippen molar-refractivity contribution in [1.29, 1.82) is 0 Å². The summed E-state index contributed by atoms with van der Waals surface area (Å²) >= 11 is 6.11. The average Bonchev–Trinajstić information content (AvgIpc) is 2.91. The van der Waals surface area contributed by atoms with E-state index in [0.717, 1.165) is 44.0 Å². The van der Waals surface area contributed by atoms with Gasteiger partial charge in [-0.25, -0.2) is 4.79 Å². The highest BCUT2D eigenvalue weighted by molar-refractivity contribution is 6.30. The second-order valence-electron chi connectivity index (χ2n) is 8.58. The van der Waals surface area contributed by atoms with Crippen LogP contribution in [0.15, 0.2) is 72.8 Å². The van der Waals surface area contributed by atoms with Gasteiger partial charge < -0.3 is 24.4 Å². The Balaban J connectivity index is 1.48. The van der Waals surface area contributed by atoms with Crippen LogP contribution in [0.3, 0.4) is 0 Å². The van der Waals surface area contributed by atoms with E-state index in [1.54, 1.807) is 24.1 Å². The molecule has 1 fully saturated rings. The number of amides is 2. The van der Waals surface area contributed by atoms with Crippen LogP contribution >= 0.6 is 11.6 Å². The summed E-state index contributed by atoms with van der Waals surface area (Å²) in [7, 11) is 1.62. The quantitative estimate of drug-likeness (QED) is 0.402. The van der Waals surface area contributed by atoms with Gasteiger partial charge in [0.25, 0.3) is 0 Å². The number of hydrogen-bond donors (Lipinski definition) is 1. The third kappa shape index (κ3) is 7.62. The van der Waals surface area contributed by atoms with Gasteiger partial charge in [0.2, 0.25) is 0 Å². The maximum atomic E-state index is 13.3. The summed E-state index contributed by atoms with van der Waals surface area (Å²) in [4.78, 5) is 17.4. The number of nitrogens with zero attached hydrogens (tertiary/aromatic N) is 2. The molecule has 0 unspecified atom stereocenters. The molecular weight excluding hydrogens is 478 g/mol. The number of ether oxygens (including phenoxy) is 3. The van der Waals surface area contributed by atoms with E-state index in [0.29, 0.717) is 41.9 Å². The number of carbonyl (C=O) groups is 1. The van der Waals surface area contributed by atoms with Crippen LogP contribution in [-0.2, 0) is 17.9 Å². The molecule has 1 aliphatic rings. The van der Waals surface area contributed by atoms with Gasteiger partial charge in [-0.3, -0.25) is 4.90 Å². The van der Waals surface area contributed by atoms with E-state index >= 15 is 0 Å². The van der Waals surface area contributed by atoms with E-state index in [2.05, 4.69) is 10.2 Å². The Kier molecular flexibility index (Phi) is 9.44. The molecule has 0 aromatic heterocycles. The lowest BCUT2D eigenvalue weighted by molar-refractivity contribution is 0.0349. The summed E-state index contributed by atoms with van der Waals surface area (Å²) in [5.74, 6) is 1.29. The fourth-order valence-corrected chi connectivity index (χ4v) is 4.19. The predicted octanol–water partition coefficient (Wildman–Crippen LogP) is 5.29. The Hall–Kier alpha value is -3.26.